The van der Waals surface area contributed by atoms with Crippen LogP contribution < -0.4 is 10.2 Å². The van der Waals surface area contributed by atoms with Crippen LogP contribution in [-0.2, 0) is 0 Å². The maximum atomic E-state index is 14.0. The standard InChI is InChI=1S/C23H31FN4OS/c1-18-8-10-26(11-9-18)21(22-7-4-16-30-22)17-25-23(29)28-14-12-27(13-15-28)20-6-3-2-5-19(20)24/h2-7,16,18,21H,8-15,17H2,1H3,(H,25,29). The SMILES string of the molecule is CC1CCN(C(CNC(=O)N2CCN(c3ccccc3F)CC2)c2cccs2)CC1. The Kier molecular flexibility index (Phi) is 6.89. The Labute approximate surface area is 182 Å². The first-order valence-electron chi connectivity index (χ1n) is 10.9. The van der Waals surface area contributed by atoms with E-state index in [9.17, 15) is 9.18 Å². The predicted octanol–water partition coefficient (Wildman–Crippen LogP) is 4.19. The normalized spacial score (nSPS) is 19.7. The fraction of sp³-hybridized carbons (Fsp3) is 0.522. The van der Waals surface area contributed by atoms with E-state index >= 15 is 0 Å². The molecule has 0 spiro atoms. The van der Waals surface area contributed by atoms with Crippen LogP contribution in [0.25, 0.3) is 0 Å². The number of likely N-dealkylation sites (tertiary alicyclic amines) is 1. The first-order chi connectivity index (χ1) is 14.6. The number of carbonyl (C=O) groups excluding carboxylic acids is 1. The molecule has 2 aromatic rings. The first kappa shape index (κ1) is 21.1. The molecule has 0 saturated carbocycles. The maximum absolute atomic E-state index is 14.0. The zero-order chi connectivity index (χ0) is 20.9. The molecule has 0 radical (unpaired) electrons. The second kappa shape index (κ2) is 9.79. The minimum atomic E-state index is -0.204. The molecule has 0 aliphatic carbocycles. The van der Waals surface area contributed by atoms with Gasteiger partial charge < -0.3 is 15.1 Å². The summed E-state index contributed by atoms with van der Waals surface area (Å²) in [6.07, 6.45) is 2.43. The molecule has 1 N–H and O–H groups in total. The quantitative estimate of drug-likeness (QED) is 0.773. The number of nitrogens with one attached hydrogen (secondary N) is 1. The molecule has 2 fully saturated rings. The summed E-state index contributed by atoms with van der Waals surface area (Å²) in [5.41, 5.74) is 0.620. The number of thiophene rings is 1. The molecule has 5 nitrogen and oxygen atoms in total. The number of benzene rings is 1. The van der Waals surface area contributed by atoms with Crippen molar-refractivity contribution in [3.8, 4) is 0 Å². The van der Waals surface area contributed by atoms with Gasteiger partial charge in [-0.3, -0.25) is 4.90 Å². The number of hydrogen-bond acceptors (Lipinski definition) is 4. The third kappa shape index (κ3) is 4.95. The van der Waals surface area contributed by atoms with Gasteiger partial charge in [-0.15, -0.1) is 11.3 Å². The molecular weight excluding hydrogens is 399 g/mol. The van der Waals surface area contributed by atoms with Crippen LogP contribution >= 0.6 is 11.3 Å². The van der Waals surface area contributed by atoms with Gasteiger partial charge in [0.2, 0.25) is 0 Å². The van der Waals surface area contributed by atoms with Crippen molar-refractivity contribution >= 4 is 23.1 Å². The van der Waals surface area contributed by atoms with E-state index in [1.165, 1.54) is 23.8 Å². The number of halogens is 1. The first-order valence-corrected chi connectivity index (χ1v) is 11.8. The summed E-state index contributed by atoms with van der Waals surface area (Å²) in [6.45, 7) is 7.61. The van der Waals surface area contributed by atoms with Crippen molar-refractivity contribution in [2.45, 2.75) is 25.8 Å². The molecule has 2 amide bonds. The molecule has 4 rings (SSSR count). The van der Waals surface area contributed by atoms with Crippen molar-refractivity contribution in [3.63, 3.8) is 0 Å². The van der Waals surface area contributed by atoms with Gasteiger partial charge in [0.25, 0.3) is 0 Å². The van der Waals surface area contributed by atoms with Crippen molar-refractivity contribution in [3.05, 3.63) is 52.5 Å². The average Bonchev–Trinajstić information content (AvgIpc) is 3.30. The number of amides is 2. The van der Waals surface area contributed by atoms with Crippen molar-refractivity contribution in [2.24, 2.45) is 5.92 Å². The monoisotopic (exact) mass is 430 g/mol. The van der Waals surface area contributed by atoms with Crippen LogP contribution in [0.5, 0.6) is 0 Å². The van der Waals surface area contributed by atoms with E-state index in [2.05, 4.69) is 34.7 Å². The third-order valence-corrected chi connectivity index (χ3v) is 7.31. The topological polar surface area (TPSA) is 38.8 Å². The van der Waals surface area contributed by atoms with Crippen molar-refractivity contribution in [2.75, 3.05) is 50.7 Å². The average molecular weight is 431 g/mol. The van der Waals surface area contributed by atoms with Gasteiger partial charge >= 0.3 is 6.03 Å². The lowest BCUT2D eigenvalue weighted by atomic mass is 9.97. The highest BCUT2D eigenvalue weighted by molar-refractivity contribution is 7.10. The van der Waals surface area contributed by atoms with Crippen LogP contribution in [-0.4, -0.2) is 61.6 Å². The fourth-order valence-corrected chi connectivity index (χ4v) is 5.25. The van der Waals surface area contributed by atoms with Crippen molar-refractivity contribution in [1.82, 2.24) is 15.1 Å². The van der Waals surface area contributed by atoms with Crippen LogP contribution in [0, 0.1) is 11.7 Å². The van der Waals surface area contributed by atoms with E-state index in [4.69, 9.17) is 0 Å². The van der Waals surface area contributed by atoms with Crippen LogP contribution in [0.2, 0.25) is 0 Å². The number of piperidine rings is 1. The molecule has 162 valence electrons. The minimum Gasteiger partial charge on any atom is -0.366 e. The molecular formula is C23H31FN4OS. The Bertz CT molecular complexity index is 814. The Morgan fingerprint density at radius 1 is 1.10 bits per heavy atom. The van der Waals surface area contributed by atoms with Gasteiger partial charge in [0, 0.05) is 37.6 Å². The molecule has 1 atom stereocenters. The van der Waals surface area contributed by atoms with E-state index in [1.54, 1.807) is 23.5 Å². The zero-order valence-corrected chi connectivity index (χ0v) is 18.4. The lowest BCUT2D eigenvalue weighted by Crippen LogP contribution is -2.53. The number of rotatable bonds is 5. The van der Waals surface area contributed by atoms with Crippen LogP contribution in [0.15, 0.2) is 41.8 Å². The van der Waals surface area contributed by atoms with Gasteiger partial charge in [-0.2, -0.15) is 0 Å². The van der Waals surface area contributed by atoms with Crippen LogP contribution in [0.3, 0.4) is 0 Å². The maximum Gasteiger partial charge on any atom is 0.317 e. The Balaban J connectivity index is 1.31. The van der Waals surface area contributed by atoms with E-state index in [1.807, 2.05) is 15.9 Å². The van der Waals surface area contributed by atoms with E-state index < -0.39 is 0 Å². The molecule has 1 aromatic heterocycles. The Morgan fingerprint density at radius 2 is 1.83 bits per heavy atom. The summed E-state index contributed by atoms with van der Waals surface area (Å²) in [4.78, 5) is 20.5. The highest BCUT2D eigenvalue weighted by Gasteiger charge is 2.27. The van der Waals surface area contributed by atoms with Gasteiger partial charge in [-0.1, -0.05) is 25.1 Å². The molecule has 2 saturated heterocycles. The second-order valence-electron chi connectivity index (χ2n) is 8.36. The largest absolute Gasteiger partial charge is 0.366 e. The number of anilines is 1. The lowest BCUT2D eigenvalue weighted by molar-refractivity contribution is 0.134. The van der Waals surface area contributed by atoms with Crippen molar-refractivity contribution in [1.29, 1.82) is 0 Å². The number of piperazine rings is 1. The lowest BCUT2D eigenvalue weighted by Gasteiger charge is -2.38. The highest BCUT2D eigenvalue weighted by Crippen LogP contribution is 2.29. The number of urea groups is 1. The summed E-state index contributed by atoms with van der Waals surface area (Å²) < 4.78 is 14.0. The molecule has 2 aliphatic rings. The number of hydrogen-bond donors (Lipinski definition) is 1. The van der Waals surface area contributed by atoms with Gasteiger partial charge in [-0.05, 0) is 55.4 Å². The van der Waals surface area contributed by atoms with Gasteiger partial charge in [0.15, 0.2) is 0 Å². The van der Waals surface area contributed by atoms with Crippen LogP contribution in [0.4, 0.5) is 14.9 Å². The summed E-state index contributed by atoms with van der Waals surface area (Å²) in [7, 11) is 0. The molecule has 1 aromatic carbocycles. The third-order valence-electron chi connectivity index (χ3n) is 6.34. The van der Waals surface area contributed by atoms with Crippen LogP contribution in [0.1, 0.15) is 30.7 Å². The van der Waals surface area contributed by atoms with E-state index in [-0.39, 0.29) is 17.9 Å². The summed E-state index contributed by atoms with van der Waals surface area (Å²) in [5.74, 6) is 0.579. The molecule has 2 aliphatic heterocycles. The Hall–Kier alpha value is -2.12. The summed E-state index contributed by atoms with van der Waals surface area (Å²) in [6, 6.07) is 11.3. The van der Waals surface area contributed by atoms with Crippen molar-refractivity contribution < 1.29 is 9.18 Å². The molecule has 1 unspecified atom stereocenters. The Morgan fingerprint density at radius 3 is 2.50 bits per heavy atom. The number of para-hydroxylation sites is 1. The van der Waals surface area contributed by atoms with Gasteiger partial charge in [0.1, 0.15) is 5.82 Å². The second-order valence-corrected chi connectivity index (χ2v) is 9.34. The predicted molar refractivity (Wildman–Crippen MR) is 121 cm³/mol. The van der Waals surface area contributed by atoms with Gasteiger partial charge in [-0.25, -0.2) is 9.18 Å². The van der Waals surface area contributed by atoms with Gasteiger partial charge in [0.05, 0.1) is 11.7 Å². The smallest absolute Gasteiger partial charge is 0.317 e. The molecule has 30 heavy (non-hydrogen) atoms. The summed E-state index contributed by atoms with van der Waals surface area (Å²) in [5, 5.41) is 5.28. The molecule has 0 bridgehead atoms. The molecule has 3 heterocycles. The van der Waals surface area contributed by atoms with E-state index in [0.717, 1.165) is 19.0 Å². The number of carbonyl (C=O) groups is 1. The fourth-order valence-electron chi connectivity index (χ4n) is 4.39. The summed E-state index contributed by atoms with van der Waals surface area (Å²) >= 11 is 1.76. The zero-order valence-electron chi connectivity index (χ0n) is 17.6. The highest BCUT2D eigenvalue weighted by atomic mass is 32.1. The van der Waals surface area contributed by atoms with E-state index in [0.29, 0.717) is 38.4 Å². The molecule has 7 heteroatoms. The minimum absolute atomic E-state index is 0.0184. The number of nitrogens with zero attached hydrogens (tertiary/aromatic N) is 3.